The number of hydrogen-bond acceptors (Lipinski definition) is 2. The van der Waals surface area contributed by atoms with Crippen molar-refractivity contribution >= 4 is 11.6 Å². The smallest absolute Gasteiger partial charge is 0.141 e. The second kappa shape index (κ2) is 5.72. The van der Waals surface area contributed by atoms with Gasteiger partial charge in [0.2, 0.25) is 0 Å². The van der Waals surface area contributed by atoms with E-state index in [-0.39, 0.29) is 12.0 Å². The van der Waals surface area contributed by atoms with Gasteiger partial charge in [0.1, 0.15) is 5.75 Å². The lowest BCUT2D eigenvalue weighted by atomic mass is 9.83. The van der Waals surface area contributed by atoms with E-state index in [1.807, 2.05) is 26.8 Å². The highest BCUT2D eigenvalue weighted by molar-refractivity contribution is 6.32. The third-order valence-corrected chi connectivity index (χ3v) is 4.28. The normalized spacial score (nSPS) is 16.3. The topological polar surface area (TPSA) is 29.5 Å². The summed E-state index contributed by atoms with van der Waals surface area (Å²) >= 11 is 6.34. The first-order chi connectivity index (χ1) is 8.94. The monoisotopic (exact) mass is 282 g/mol. The van der Waals surface area contributed by atoms with Gasteiger partial charge < -0.3 is 9.84 Å². The van der Waals surface area contributed by atoms with Crippen molar-refractivity contribution in [1.29, 1.82) is 0 Å². The molecular weight excluding hydrogens is 260 g/mol. The fourth-order valence-electron chi connectivity index (χ4n) is 2.32. The minimum absolute atomic E-state index is 0.0760. The van der Waals surface area contributed by atoms with Crippen LogP contribution in [0.15, 0.2) is 12.1 Å². The molecule has 0 amide bonds. The highest BCUT2D eigenvalue weighted by Gasteiger charge is 2.27. The molecule has 0 bridgehead atoms. The largest absolute Gasteiger partial charge is 0.491 e. The molecule has 1 saturated carbocycles. The number of hydrogen-bond donors (Lipinski definition) is 1. The Kier molecular flexibility index (Phi) is 4.42. The predicted octanol–water partition coefficient (Wildman–Crippen LogP) is 4.10. The van der Waals surface area contributed by atoms with E-state index in [0.717, 1.165) is 23.5 Å². The lowest BCUT2D eigenvalue weighted by molar-refractivity contribution is 0.172. The van der Waals surface area contributed by atoms with Crippen molar-refractivity contribution in [3.8, 4) is 5.75 Å². The Morgan fingerprint density at radius 3 is 2.58 bits per heavy atom. The minimum atomic E-state index is -0.343. The lowest BCUT2D eigenvalue weighted by Gasteiger charge is -2.29. The zero-order valence-corrected chi connectivity index (χ0v) is 12.8. The van der Waals surface area contributed by atoms with E-state index < -0.39 is 0 Å². The summed E-state index contributed by atoms with van der Waals surface area (Å²) in [6, 6.07) is 3.99. The van der Waals surface area contributed by atoms with Crippen LogP contribution in [0.5, 0.6) is 5.75 Å². The fourth-order valence-corrected chi connectivity index (χ4v) is 2.65. The molecule has 0 radical (unpaired) electrons. The van der Waals surface area contributed by atoms with Gasteiger partial charge in [-0.15, -0.1) is 0 Å². The summed E-state index contributed by atoms with van der Waals surface area (Å²) in [6.07, 6.45) is 3.81. The van der Waals surface area contributed by atoms with E-state index in [2.05, 4.69) is 6.07 Å². The molecule has 2 nitrogen and oxygen atoms in total. The van der Waals surface area contributed by atoms with Crippen LogP contribution in [0.4, 0.5) is 0 Å². The molecule has 0 unspecified atom stereocenters. The Bertz CT molecular complexity index is 450. The molecule has 1 aliphatic carbocycles. The first-order valence-corrected chi connectivity index (χ1v) is 7.36. The molecular formula is C16H23ClO2. The Morgan fingerprint density at radius 2 is 2.05 bits per heavy atom. The van der Waals surface area contributed by atoms with Gasteiger partial charge in [-0.3, -0.25) is 0 Å². The van der Waals surface area contributed by atoms with Crippen molar-refractivity contribution in [2.75, 3.05) is 13.2 Å². The van der Waals surface area contributed by atoms with Gasteiger partial charge in [-0.1, -0.05) is 37.9 Å². The van der Waals surface area contributed by atoms with Gasteiger partial charge in [0.15, 0.2) is 0 Å². The number of benzene rings is 1. The Labute approximate surface area is 120 Å². The molecule has 1 N–H and O–H groups in total. The van der Waals surface area contributed by atoms with Gasteiger partial charge in [0.25, 0.3) is 0 Å². The maximum atomic E-state index is 9.59. The molecule has 0 spiro atoms. The van der Waals surface area contributed by atoms with E-state index in [1.165, 1.54) is 19.3 Å². The van der Waals surface area contributed by atoms with Gasteiger partial charge in [0.05, 0.1) is 18.2 Å². The van der Waals surface area contributed by atoms with Crippen LogP contribution in [-0.2, 0) is 5.41 Å². The van der Waals surface area contributed by atoms with Crippen LogP contribution < -0.4 is 4.74 Å². The van der Waals surface area contributed by atoms with Crippen molar-refractivity contribution in [1.82, 2.24) is 0 Å². The predicted molar refractivity (Wildman–Crippen MR) is 79.1 cm³/mol. The molecule has 3 heteroatoms. The maximum absolute atomic E-state index is 9.59. The van der Waals surface area contributed by atoms with Gasteiger partial charge >= 0.3 is 0 Å². The summed E-state index contributed by atoms with van der Waals surface area (Å²) in [6.45, 7) is 6.84. The number of aliphatic hydroxyl groups is 1. The van der Waals surface area contributed by atoms with E-state index in [9.17, 15) is 5.11 Å². The van der Waals surface area contributed by atoms with Crippen molar-refractivity contribution in [2.24, 2.45) is 5.92 Å². The standard InChI is InChI=1S/C16H23ClO2/c1-11-7-13(16(2,3)10-18)15(14(17)8-11)19-9-12-5-4-6-12/h7-8,12,18H,4-6,9-10H2,1-3H3. The number of halogens is 1. The molecule has 19 heavy (non-hydrogen) atoms. The quantitative estimate of drug-likeness (QED) is 0.881. The molecule has 0 atom stereocenters. The zero-order chi connectivity index (χ0) is 14.0. The maximum Gasteiger partial charge on any atom is 0.141 e. The van der Waals surface area contributed by atoms with Crippen LogP contribution in [-0.4, -0.2) is 18.3 Å². The molecule has 1 fully saturated rings. The first kappa shape index (κ1) is 14.7. The van der Waals surface area contributed by atoms with Crippen LogP contribution in [0, 0.1) is 12.8 Å². The van der Waals surface area contributed by atoms with Crippen molar-refractivity contribution in [3.05, 3.63) is 28.3 Å². The summed E-state index contributed by atoms with van der Waals surface area (Å²) in [5.41, 5.74) is 1.75. The summed E-state index contributed by atoms with van der Waals surface area (Å²) in [4.78, 5) is 0. The molecule has 0 saturated heterocycles. The Balaban J connectivity index is 2.28. The summed E-state index contributed by atoms with van der Waals surface area (Å²) in [5.74, 6) is 1.42. The number of ether oxygens (including phenoxy) is 1. The van der Waals surface area contributed by atoms with Gasteiger partial charge in [-0.25, -0.2) is 0 Å². The molecule has 1 aromatic carbocycles. The number of aliphatic hydroxyl groups excluding tert-OH is 1. The second-order valence-corrected chi connectivity index (χ2v) is 6.68. The third-order valence-electron chi connectivity index (χ3n) is 4.00. The average Bonchev–Trinajstić information content (AvgIpc) is 2.29. The Hall–Kier alpha value is -0.730. The number of rotatable bonds is 5. The second-order valence-electron chi connectivity index (χ2n) is 6.27. The molecule has 0 aromatic heterocycles. The van der Waals surface area contributed by atoms with Gasteiger partial charge in [-0.05, 0) is 37.3 Å². The van der Waals surface area contributed by atoms with Crippen molar-refractivity contribution < 1.29 is 9.84 Å². The molecule has 1 aliphatic rings. The minimum Gasteiger partial charge on any atom is -0.491 e. The van der Waals surface area contributed by atoms with E-state index in [4.69, 9.17) is 16.3 Å². The van der Waals surface area contributed by atoms with Gasteiger partial charge in [0, 0.05) is 11.0 Å². The Morgan fingerprint density at radius 1 is 1.37 bits per heavy atom. The molecule has 0 heterocycles. The third kappa shape index (κ3) is 3.24. The number of aryl methyl sites for hydroxylation is 1. The van der Waals surface area contributed by atoms with Crippen molar-refractivity contribution in [2.45, 2.75) is 45.4 Å². The van der Waals surface area contributed by atoms with Crippen LogP contribution in [0.25, 0.3) is 0 Å². The first-order valence-electron chi connectivity index (χ1n) is 6.98. The molecule has 1 aromatic rings. The molecule has 106 valence electrons. The summed E-state index contributed by atoms with van der Waals surface area (Å²) in [5, 5.41) is 10.2. The summed E-state index contributed by atoms with van der Waals surface area (Å²) in [7, 11) is 0. The molecule has 2 rings (SSSR count). The van der Waals surface area contributed by atoms with Gasteiger partial charge in [-0.2, -0.15) is 0 Å². The lowest BCUT2D eigenvalue weighted by Crippen LogP contribution is -2.25. The highest BCUT2D eigenvalue weighted by Crippen LogP contribution is 2.39. The van der Waals surface area contributed by atoms with E-state index in [0.29, 0.717) is 10.9 Å². The van der Waals surface area contributed by atoms with E-state index in [1.54, 1.807) is 0 Å². The summed E-state index contributed by atoms with van der Waals surface area (Å²) < 4.78 is 5.97. The fraction of sp³-hybridized carbons (Fsp3) is 0.625. The van der Waals surface area contributed by atoms with Crippen LogP contribution in [0.2, 0.25) is 5.02 Å². The van der Waals surface area contributed by atoms with E-state index >= 15 is 0 Å². The SMILES string of the molecule is Cc1cc(Cl)c(OCC2CCC2)c(C(C)(C)CO)c1. The van der Waals surface area contributed by atoms with Crippen molar-refractivity contribution in [3.63, 3.8) is 0 Å². The zero-order valence-electron chi connectivity index (χ0n) is 12.0. The van der Waals surface area contributed by atoms with Crippen LogP contribution >= 0.6 is 11.6 Å². The highest BCUT2D eigenvalue weighted by atomic mass is 35.5. The molecule has 0 aliphatic heterocycles. The van der Waals surface area contributed by atoms with Crippen LogP contribution in [0.3, 0.4) is 0 Å². The van der Waals surface area contributed by atoms with Crippen LogP contribution in [0.1, 0.15) is 44.2 Å². The average molecular weight is 283 g/mol.